The highest BCUT2D eigenvalue weighted by molar-refractivity contribution is 5.81. The van der Waals surface area contributed by atoms with Crippen molar-refractivity contribution in [3.63, 3.8) is 0 Å². The minimum atomic E-state index is -0.942. The Hall–Kier alpha value is -1.84. The van der Waals surface area contributed by atoms with E-state index in [2.05, 4.69) is 18.2 Å². The summed E-state index contributed by atoms with van der Waals surface area (Å²) in [6.07, 6.45) is 4.16. The van der Waals surface area contributed by atoms with Crippen LogP contribution in [0.1, 0.15) is 44.2 Å². The summed E-state index contributed by atoms with van der Waals surface area (Å²) in [4.78, 5) is 25.0. The van der Waals surface area contributed by atoms with Crippen LogP contribution in [0.15, 0.2) is 24.3 Å². The summed E-state index contributed by atoms with van der Waals surface area (Å²) < 4.78 is 0. The Morgan fingerprint density at radius 1 is 1.32 bits per heavy atom. The number of aryl methyl sites for hydroxylation is 1. The molecule has 0 spiro atoms. The molecule has 0 bridgehead atoms. The Bertz CT molecular complexity index is 541. The van der Waals surface area contributed by atoms with Crippen LogP contribution >= 0.6 is 0 Å². The molecule has 0 saturated carbocycles. The van der Waals surface area contributed by atoms with Crippen LogP contribution < -0.4 is 0 Å². The summed E-state index contributed by atoms with van der Waals surface area (Å²) in [6, 6.07) is 8.36. The molecule has 0 aromatic heterocycles. The molecule has 0 heterocycles. The molecule has 0 fully saturated rings. The Balaban J connectivity index is 2.00. The lowest BCUT2D eigenvalue weighted by Gasteiger charge is -2.30. The molecule has 1 aliphatic rings. The van der Waals surface area contributed by atoms with Crippen molar-refractivity contribution in [2.24, 2.45) is 5.92 Å². The Morgan fingerprint density at radius 3 is 2.64 bits per heavy atom. The smallest absolute Gasteiger partial charge is 0.323 e. The fourth-order valence-electron chi connectivity index (χ4n) is 3.17. The quantitative estimate of drug-likeness (QED) is 0.879. The lowest BCUT2D eigenvalue weighted by atomic mass is 9.82. The fourth-order valence-corrected chi connectivity index (χ4v) is 3.17. The predicted molar refractivity (Wildman–Crippen MR) is 85.7 cm³/mol. The molecule has 1 aromatic carbocycles. The van der Waals surface area contributed by atoms with Gasteiger partial charge in [0.05, 0.1) is 0 Å². The van der Waals surface area contributed by atoms with E-state index in [0.717, 1.165) is 25.7 Å². The van der Waals surface area contributed by atoms with Crippen LogP contribution in [0.25, 0.3) is 0 Å². The topological polar surface area (TPSA) is 57.6 Å². The van der Waals surface area contributed by atoms with Crippen molar-refractivity contribution in [1.29, 1.82) is 0 Å². The molecule has 120 valence electrons. The van der Waals surface area contributed by atoms with Crippen molar-refractivity contribution in [1.82, 2.24) is 4.90 Å². The molecule has 4 nitrogen and oxygen atoms in total. The van der Waals surface area contributed by atoms with Gasteiger partial charge in [-0.3, -0.25) is 9.59 Å². The first-order valence-corrected chi connectivity index (χ1v) is 8.09. The third-order valence-electron chi connectivity index (χ3n) is 4.66. The average Bonchev–Trinajstić information content (AvgIpc) is 2.51. The van der Waals surface area contributed by atoms with Crippen molar-refractivity contribution in [3.8, 4) is 0 Å². The number of carbonyl (C=O) groups excluding carboxylic acids is 1. The van der Waals surface area contributed by atoms with E-state index in [1.54, 1.807) is 0 Å². The van der Waals surface area contributed by atoms with Crippen LogP contribution in [0.3, 0.4) is 0 Å². The highest BCUT2D eigenvalue weighted by Crippen LogP contribution is 2.28. The molecule has 2 rings (SSSR count). The van der Waals surface area contributed by atoms with Gasteiger partial charge in [-0.2, -0.15) is 0 Å². The third kappa shape index (κ3) is 4.09. The van der Waals surface area contributed by atoms with Gasteiger partial charge in [-0.25, -0.2) is 0 Å². The molecule has 0 saturated heterocycles. The second kappa shape index (κ2) is 7.43. The molecular weight excluding hydrogens is 278 g/mol. The average molecular weight is 303 g/mol. The van der Waals surface area contributed by atoms with Gasteiger partial charge >= 0.3 is 5.97 Å². The second-order valence-corrected chi connectivity index (χ2v) is 6.25. The van der Waals surface area contributed by atoms with Gasteiger partial charge in [-0.15, -0.1) is 0 Å². The van der Waals surface area contributed by atoms with Crippen LogP contribution in [0.5, 0.6) is 0 Å². The number of carboxylic acids is 1. The maximum atomic E-state index is 12.5. The first-order chi connectivity index (χ1) is 10.5. The van der Waals surface area contributed by atoms with Crippen LogP contribution in [0, 0.1) is 5.92 Å². The maximum absolute atomic E-state index is 12.5. The first kappa shape index (κ1) is 16.5. The fraction of sp³-hybridized carbons (Fsp3) is 0.556. The van der Waals surface area contributed by atoms with Gasteiger partial charge in [0.2, 0.25) is 5.91 Å². The standard InChI is InChI=1S/C18H25NO3/c1-3-13(2)19(12-18(21)22)17(20)11-14-8-9-15-6-4-5-7-16(15)10-14/h4-7,13-14H,3,8-12H2,1-2H3,(H,21,22). The minimum absolute atomic E-state index is 0.0267. The number of aliphatic carboxylic acids is 1. The summed E-state index contributed by atoms with van der Waals surface area (Å²) in [7, 11) is 0. The number of fused-ring (bicyclic) bond motifs is 1. The lowest BCUT2D eigenvalue weighted by molar-refractivity contribution is -0.146. The van der Waals surface area contributed by atoms with Gasteiger partial charge < -0.3 is 10.0 Å². The van der Waals surface area contributed by atoms with Gasteiger partial charge in [-0.1, -0.05) is 31.2 Å². The molecule has 2 unspecified atom stereocenters. The number of rotatable bonds is 6. The molecule has 1 N–H and O–H groups in total. The number of hydrogen-bond donors (Lipinski definition) is 1. The number of amides is 1. The monoisotopic (exact) mass is 303 g/mol. The zero-order chi connectivity index (χ0) is 16.1. The number of carboxylic acid groups (broad SMARTS) is 1. The number of carbonyl (C=O) groups is 2. The Kier molecular flexibility index (Phi) is 5.58. The summed E-state index contributed by atoms with van der Waals surface area (Å²) >= 11 is 0. The van der Waals surface area contributed by atoms with Gasteiger partial charge in [0, 0.05) is 12.5 Å². The lowest BCUT2D eigenvalue weighted by Crippen LogP contribution is -2.42. The van der Waals surface area contributed by atoms with Crippen LogP contribution in [-0.2, 0) is 22.4 Å². The molecule has 0 radical (unpaired) electrons. The minimum Gasteiger partial charge on any atom is -0.480 e. The van der Waals surface area contributed by atoms with E-state index in [4.69, 9.17) is 5.11 Å². The highest BCUT2D eigenvalue weighted by Gasteiger charge is 2.26. The van der Waals surface area contributed by atoms with Crippen molar-refractivity contribution in [2.75, 3.05) is 6.54 Å². The highest BCUT2D eigenvalue weighted by atomic mass is 16.4. The Labute approximate surface area is 132 Å². The molecule has 22 heavy (non-hydrogen) atoms. The molecule has 1 aromatic rings. The largest absolute Gasteiger partial charge is 0.480 e. The van der Waals surface area contributed by atoms with Crippen molar-refractivity contribution in [3.05, 3.63) is 35.4 Å². The zero-order valence-electron chi connectivity index (χ0n) is 13.4. The van der Waals surface area contributed by atoms with E-state index in [1.807, 2.05) is 19.9 Å². The van der Waals surface area contributed by atoms with E-state index < -0.39 is 5.97 Å². The zero-order valence-corrected chi connectivity index (χ0v) is 13.4. The summed E-state index contributed by atoms with van der Waals surface area (Å²) in [5, 5.41) is 9.02. The van der Waals surface area contributed by atoms with Gasteiger partial charge in [0.15, 0.2) is 0 Å². The van der Waals surface area contributed by atoms with E-state index in [-0.39, 0.29) is 18.5 Å². The van der Waals surface area contributed by atoms with Crippen molar-refractivity contribution in [2.45, 2.75) is 52.0 Å². The predicted octanol–water partition coefficient (Wildman–Crippen LogP) is 2.89. The normalized spacial score (nSPS) is 18.4. The number of nitrogens with zero attached hydrogens (tertiary/aromatic N) is 1. The van der Waals surface area contributed by atoms with Crippen LogP contribution in [0.4, 0.5) is 0 Å². The summed E-state index contributed by atoms with van der Waals surface area (Å²) in [5.41, 5.74) is 2.72. The van der Waals surface area contributed by atoms with Gasteiger partial charge in [0.25, 0.3) is 0 Å². The molecule has 2 atom stereocenters. The second-order valence-electron chi connectivity index (χ2n) is 6.25. The van der Waals surface area contributed by atoms with E-state index in [9.17, 15) is 9.59 Å². The van der Waals surface area contributed by atoms with Crippen molar-refractivity contribution < 1.29 is 14.7 Å². The van der Waals surface area contributed by atoms with Crippen LogP contribution in [0.2, 0.25) is 0 Å². The molecule has 1 aliphatic carbocycles. The van der Waals surface area contributed by atoms with Gasteiger partial charge in [0.1, 0.15) is 6.54 Å². The Morgan fingerprint density at radius 2 is 2.00 bits per heavy atom. The van der Waals surface area contributed by atoms with Gasteiger partial charge in [-0.05, 0) is 49.7 Å². The number of hydrogen-bond acceptors (Lipinski definition) is 2. The third-order valence-corrected chi connectivity index (χ3v) is 4.66. The van der Waals surface area contributed by atoms with Crippen LogP contribution in [-0.4, -0.2) is 34.5 Å². The SMILES string of the molecule is CCC(C)N(CC(=O)O)C(=O)CC1CCc2ccccc2C1. The molecular formula is C18H25NO3. The van der Waals surface area contributed by atoms with Crippen molar-refractivity contribution >= 4 is 11.9 Å². The molecule has 4 heteroatoms. The maximum Gasteiger partial charge on any atom is 0.323 e. The van der Waals surface area contributed by atoms with E-state index in [1.165, 1.54) is 16.0 Å². The summed E-state index contributed by atoms with van der Waals surface area (Å²) in [6.45, 7) is 3.69. The number of benzene rings is 1. The summed E-state index contributed by atoms with van der Waals surface area (Å²) in [5.74, 6) is -0.647. The van der Waals surface area contributed by atoms with E-state index >= 15 is 0 Å². The van der Waals surface area contributed by atoms with E-state index in [0.29, 0.717) is 12.3 Å². The first-order valence-electron chi connectivity index (χ1n) is 8.09. The molecule has 1 amide bonds. The molecule has 0 aliphatic heterocycles.